The van der Waals surface area contributed by atoms with Crippen molar-refractivity contribution in [3.8, 4) is 0 Å². The van der Waals surface area contributed by atoms with E-state index in [1.54, 1.807) is 24.4 Å². The molecule has 2 aromatic heterocycles. The first-order valence-corrected chi connectivity index (χ1v) is 6.70. The van der Waals surface area contributed by atoms with E-state index in [2.05, 4.69) is 15.3 Å². The average Bonchev–Trinajstić information content (AvgIpc) is 2.81. The number of fused-ring (bicyclic) bond motifs is 1. The molecule has 3 aromatic rings. The average molecular weight is 290 g/mol. The van der Waals surface area contributed by atoms with Gasteiger partial charge in [-0.1, -0.05) is 41.1 Å². The Hall–Kier alpha value is -1.98. The van der Waals surface area contributed by atoms with Crippen molar-refractivity contribution in [1.29, 1.82) is 0 Å². The molecule has 0 aliphatic heterocycles. The highest BCUT2D eigenvalue weighted by Crippen LogP contribution is 2.26. The van der Waals surface area contributed by atoms with E-state index >= 15 is 0 Å². The molecule has 0 bridgehead atoms. The standard InChI is InChI=1S/C13H8ClN3OS/c14-11-6-9-10(7-15-11)19-13(16-9)17-12(18)8-4-2-1-3-5-8/h1-7H,(H,16,17,18). The van der Waals surface area contributed by atoms with Crippen LogP contribution in [0.15, 0.2) is 42.6 Å². The first-order chi connectivity index (χ1) is 9.22. The largest absolute Gasteiger partial charge is 0.298 e. The van der Waals surface area contributed by atoms with Crippen molar-refractivity contribution < 1.29 is 4.79 Å². The molecule has 1 N–H and O–H groups in total. The van der Waals surface area contributed by atoms with Gasteiger partial charge < -0.3 is 0 Å². The van der Waals surface area contributed by atoms with Gasteiger partial charge in [0.2, 0.25) is 0 Å². The van der Waals surface area contributed by atoms with Gasteiger partial charge in [-0.05, 0) is 12.1 Å². The van der Waals surface area contributed by atoms with E-state index in [0.29, 0.717) is 15.8 Å². The van der Waals surface area contributed by atoms with Crippen LogP contribution < -0.4 is 5.32 Å². The number of anilines is 1. The number of benzene rings is 1. The molecule has 4 nitrogen and oxygen atoms in total. The van der Waals surface area contributed by atoms with Crippen molar-refractivity contribution in [2.45, 2.75) is 0 Å². The summed E-state index contributed by atoms with van der Waals surface area (Å²) in [5.41, 5.74) is 1.33. The molecule has 1 aromatic carbocycles. The van der Waals surface area contributed by atoms with Crippen LogP contribution in [-0.2, 0) is 0 Å². The van der Waals surface area contributed by atoms with Crippen molar-refractivity contribution >= 4 is 44.2 Å². The highest BCUT2D eigenvalue weighted by molar-refractivity contribution is 7.22. The molecule has 6 heteroatoms. The number of hydrogen-bond donors (Lipinski definition) is 1. The Labute approximate surface area is 118 Å². The van der Waals surface area contributed by atoms with Crippen LogP contribution in [0.5, 0.6) is 0 Å². The quantitative estimate of drug-likeness (QED) is 0.733. The normalized spacial score (nSPS) is 10.6. The summed E-state index contributed by atoms with van der Waals surface area (Å²) in [6.07, 6.45) is 1.65. The third kappa shape index (κ3) is 2.57. The predicted octanol–water partition coefficient (Wildman–Crippen LogP) is 3.60. The number of hydrogen-bond acceptors (Lipinski definition) is 4. The number of halogens is 1. The monoisotopic (exact) mass is 289 g/mol. The van der Waals surface area contributed by atoms with Gasteiger partial charge in [0.05, 0.1) is 10.2 Å². The summed E-state index contributed by atoms with van der Waals surface area (Å²) in [5, 5.41) is 3.69. The second-order valence-electron chi connectivity index (χ2n) is 3.81. The fourth-order valence-corrected chi connectivity index (χ4v) is 2.59. The van der Waals surface area contributed by atoms with Gasteiger partial charge in [-0.2, -0.15) is 0 Å². The van der Waals surface area contributed by atoms with E-state index < -0.39 is 0 Å². The Morgan fingerprint density at radius 2 is 2.05 bits per heavy atom. The van der Waals surface area contributed by atoms with E-state index in [1.807, 2.05) is 18.2 Å². The van der Waals surface area contributed by atoms with Crippen LogP contribution in [0.25, 0.3) is 10.2 Å². The van der Waals surface area contributed by atoms with E-state index in [0.717, 1.165) is 10.2 Å². The summed E-state index contributed by atoms with van der Waals surface area (Å²) in [4.78, 5) is 20.3. The zero-order chi connectivity index (χ0) is 13.2. The lowest BCUT2D eigenvalue weighted by Gasteiger charge is -2.00. The fourth-order valence-electron chi connectivity index (χ4n) is 1.62. The molecule has 0 saturated heterocycles. The molecule has 0 atom stereocenters. The Morgan fingerprint density at radius 3 is 2.84 bits per heavy atom. The Morgan fingerprint density at radius 1 is 1.26 bits per heavy atom. The van der Waals surface area contributed by atoms with Crippen LogP contribution in [-0.4, -0.2) is 15.9 Å². The Bertz CT molecular complexity index is 742. The number of amides is 1. The van der Waals surface area contributed by atoms with Crippen LogP contribution >= 0.6 is 22.9 Å². The van der Waals surface area contributed by atoms with E-state index in [9.17, 15) is 4.79 Å². The lowest BCUT2D eigenvalue weighted by atomic mass is 10.2. The topological polar surface area (TPSA) is 54.9 Å². The van der Waals surface area contributed by atoms with Gasteiger partial charge in [-0.25, -0.2) is 9.97 Å². The number of aromatic nitrogens is 2. The minimum absolute atomic E-state index is 0.182. The number of pyridine rings is 1. The first kappa shape index (κ1) is 12.1. The Kier molecular flexibility index (Phi) is 3.15. The van der Waals surface area contributed by atoms with E-state index in [-0.39, 0.29) is 5.91 Å². The number of carbonyl (C=O) groups is 1. The van der Waals surface area contributed by atoms with Crippen molar-refractivity contribution in [2.75, 3.05) is 5.32 Å². The number of nitrogens with zero attached hydrogens (tertiary/aromatic N) is 2. The zero-order valence-corrected chi connectivity index (χ0v) is 11.2. The molecule has 19 heavy (non-hydrogen) atoms. The van der Waals surface area contributed by atoms with Crippen LogP contribution in [0.1, 0.15) is 10.4 Å². The molecule has 2 heterocycles. The van der Waals surface area contributed by atoms with Crippen LogP contribution in [0, 0.1) is 0 Å². The van der Waals surface area contributed by atoms with E-state index in [4.69, 9.17) is 11.6 Å². The molecule has 0 spiro atoms. The molecule has 0 aliphatic carbocycles. The second-order valence-corrected chi connectivity index (χ2v) is 5.23. The van der Waals surface area contributed by atoms with Crippen molar-refractivity contribution in [3.63, 3.8) is 0 Å². The van der Waals surface area contributed by atoms with Gasteiger partial charge >= 0.3 is 0 Å². The third-order valence-corrected chi connectivity index (χ3v) is 3.63. The highest BCUT2D eigenvalue weighted by atomic mass is 35.5. The number of nitrogens with one attached hydrogen (secondary N) is 1. The molecular weight excluding hydrogens is 282 g/mol. The molecule has 0 unspecified atom stereocenters. The summed E-state index contributed by atoms with van der Waals surface area (Å²) >= 11 is 7.16. The maximum atomic E-state index is 12.0. The fraction of sp³-hybridized carbons (Fsp3) is 0. The van der Waals surface area contributed by atoms with Gasteiger partial charge in [-0.3, -0.25) is 10.1 Å². The van der Waals surface area contributed by atoms with Gasteiger partial charge in [-0.15, -0.1) is 0 Å². The van der Waals surface area contributed by atoms with Gasteiger partial charge in [0.1, 0.15) is 5.15 Å². The van der Waals surface area contributed by atoms with Crippen molar-refractivity contribution in [1.82, 2.24) is 9.97 Å². The minimum atomic E-state index is -0.182. The lowest BCUT2D eigenvalue weighted by molar-refractivity contribution is 0.102. The number of thiazole rings is 1. The smallest absolute Gasteiger partial charge is 0.257 e. The molecule has 0 fully saturated rings. The summed E-state index contributed by atoms with van der Waals surface area (Å²) in [5.74, 6) is -0.182. The summed E-state index contributed by atoms with van der Waals surface area (Å²) in [7, 11) is 0. The minimum Gasteiger partial charge on any atom is -0.298 e. The molecule has 0 radical (unpaired) electrons. The maximum Gasteiger partial charge on any atom is 0.257 e. The SMILES string of the molecule is O=C(Nc1nc2cc(Cl)ncc2s1)c1ccccc1. The van der Waals surface area contributed by atoms with Crippen molar-refractivity contribution in [2.24, 2.45) is 0 Å². The molecule has 0 aliphatic rings. The predicted molar refractivity (Wildman–Crippen MR) is 76.8 cm³/mol. The molecule has 3 rings (SSSR count). The zero-order valence-electron chi connectivity index (χ0n) is 9.63. The third-order valence-electron chi connectivity index (χ3n) is 2.50. The van der Waals surface area contributed by atoms with Gasteiger partial charge in [0.15, 0.2) is 5.13 Å². The van der Waals surface area contributed by atoms with Crippen molar-refractivity contribution in [3.05, 3.63) is 53.3 Å². The lowest BCUT2D eigenvalue weighted by Crippen LogP contribution is -2.11. The van der Waals surface area contributed by atoms with Gasteiger partial charge in [0.25, 0.3) is 5.91 Å². The van der Waals surface area contributed by atoms with E-state index in [1.165, 1.54) is 11.3 Å². The molecular formula is C13H8ClN3OS. The van der Waals surface area contributed by atoms with Crippen LogP contribution in [0.2, 0.25) is 5.15 Å². The summed E-state index contributed by atoms with van der Waals surface area (Å²) in [6, 6.07) is 10.7. The van der Waals surface area contributed by atoms with Crippen LogP contribution in [0.3, 0.4) is 0 Å². The maximum absolute atomic E-state index is 12.0. The second kappa shape index (κ2) is 4.95. The summed E-state index contributed by atoms with van der Waals surface area (Å²) < 4.78 is 0.882. The number of rotatable bonds is 2. The van der Waals surface area contributed by atoms with Crippen LogP contribution in [0.4, 0.5) is 5.13 Å². The summed E-state index contributed by atoms with van der Waals surface area (Å²) in [6.45, 7) is 0. The highest BCUT2D eigenvalue weighted by Gasteiger charge is 2.09. The Balaban J connectivity index is 1.87. The van der Waals surface area contributed by atoms with Gasteiger partial charge in [0, 0.05) is 17.8 Å². The molecule has 0 saturated carbocycles. The molecule has 94 valence electrons. The molecule has 1 amide bonds. The number of carbonyl (C=O) groups excluding carboxylic acids is 1. The first-order valence-electron chi connectivity index (χ1n) is 5.51.